The van der Waals surface area contributed by atoms with E-state index in [2.05, 4.69) is 4.98 Å². The van der Waals surface area contributed by atoms with Gasteiger partial charge in [0.15, 0.2) is 0 Å². The molecular formula is C12H17N3O3S. The van der Waals surface area contributed by atoms with Crippen LogP contribution in [0.25, 0.3) is 0 Å². The van der Waals surface area contributed by atoms with Crippen molar-refractivity contribution in [2.24, 2.45) is 11.1 Å². The Morgan fingerprint density at radius 2 is 2.05 bits per heavy atom. The zero-order valence-corrected chi connectivity index (χ0v) is 11.3. The van der Waals surface area contributed by atoms with Crippen LogP contribution >= 0.6 is 0 Å². The van der Waals surface area contributed by atoms with E-state index in [9.17, 15) is 13.2 Å². The summed E-state index contributed by atoms with van der Waals surface area (Å²) in [6.45, 7) is 1.07. The SMILES string of the molecule is NS(=O)(=O)CC1CC(=O)N(CCc2ccncc2)C1. The van der Waals surface area contributed by atoms with Crippen LogP contribution in [0, 0.1) is 5.92 Å². The Kier molecular flexibility index (Phi) is 4.16. The highest BCUT2D eigenvalue weighted by Crippen LogP contribution is 2.19. The average molecular weight is 283 g/mol. The number of pyridine rings is 1. The van der Waals surface area contributed by atoms with Gasteiger partial charge in [-0.2, -0.15) is 0 Å². The molecule has 2 N–H and O–H groups in total. The van der Waals surface area contributed by atoms with Crippen molar-refractivity contribution in [1.82, 2.24) is 9.88 Å². The zero-order valence-electron chi connectivity index (χ0n) is 10.5. The van der Waals surface area contributed by atoms with Crippen molar-refractivity contribution in [3.63, 3.8) is 0 Å². The molecule has 0 saturated carbocycles. The predicted molar refractivity (Wildman–Crippen MR) is 70.6 cm³/mol. The minimum Gasteiger partial charge on any atom is -0.342 e. The summed E-state index contributed by atoms with van der Waals surface area (Å²) in [5.74, 6) is -0.299. The lowest BCUT2D eigenvalue weighted by Gasteiger charge is -2.16. The smallest absolute Gasteiger partial charge is 0.222 e. The number of carbonyl (C=O) groups excluding carboxylic acids is 1. The molecule has 7 heteroatoms. The Morgan fingerprint density at radius 1 is 1.37 bits per heavy atom. The molecular weight excluding hydrogens is 266 g/mol. The number of aromatic nitrogens is 1. The van der Waals surface area contributed by atoms with E-state index in [1.54, 1.807) is 17.3 Å². The number of nitrogens with zero attached hydrogens (tertiary/aromatic N) is 2. The first-order chi connectivity index (χ1) is 8.94. The van der Waals surface area contributed by atoms with Gasteiger partial charge in [-0.15, -0.1) is 0 Å². The van der Waals surface area contributed by atoms with Crippen LogP contribution in [-0.4, -0.2) is 43.1 Å². The molecule has 1 saturated heterocycles. The van der Waals surface area contributed by atoms with Gasteiger partial charge in [0.1, 0.15) is 0 Å². The molecule has 1 amide bonds. The van der Waals surface area contributed by atoms with E-state index in [4.69, 9.17) is 5.14 Å². The first kappa shape index (κ1) is 14.0. The first-order valence-electron chi connectivity index (χ1n) is 6.11. The van der Waals surface area contributed by atoms with Gasteiger partial charge >= 0.3 is 0 Å². The van der Waals surface area contributed by atoms with Gasteiger partial charge < -0.3 is 4.90 Å². The van der Waals surface area contributed by atoms with Crippen LogP contribution in [0.2, 0.25) is 0 Å². The standard InChI is InChI=1S/C12H17N3O3S/c13-19(17,18)9-11-7-12(16)15(8-11)6-3-10-1-4-14-5-2-10/h1-2,4-5,11H,3,6-9H2,(H2,13,17,18). The van der Waals surface area contributed by atoms with Crippen molar-refractivity contribution >= 4 is 15.9 Å². The lowest BCUT2D eigenvalue weighted by molar-refractivity contribution is -0.127. The third kappa shape index (κ3) is 4.29. The number of likely N-dealkylation sites (tertiary alicyclic amines) is 1. The third-order valence-corrected chi connectivity index (χ3v) is 4.12. The van der Waals surface area contributed by atoms with Gasteiger partial charge in [0.05, 0.1) is 5.75 Å². The molecule has 1 atom stereocenters. The van der Waals surface area contributed by atoms with E-state index >= 15 is 0 Å². The Hall–Kier alpha value is -1.47. The molecule has 2 rings (SSSR count). The fraction of sp³-hybridized carbons (Fsp3) is 0.500. The highest BCUT2D eigenvalue weighted by molar-refractivity contribution is 7.89. The van der Waals surface area contributed by atoms with Gasteiger partial charge in [0.2, 0.25) is 15.9 Å². The lowest BCUT2D eigenvalue weighted by atomic mass is 10.1. The van der Waals surface area contributed by atoms with Crippen LogP contribution < -0.4 is 5.14 Å². The first-order valence-corrected chi connectivity index (χ1v) is 7.83. The second-order valence-electron chi connectivity index (χ2n) is 4.84. The number of nitrogens with two attached hydrogens (primary N) is 1. The summed E-state index contributed by atoms with van der Waals surface area (Å²) in [6, 6.07) is 3.81. The second-order valence-corrected chi connectivity index (χ2v) is 6.50. The molecule has 1 aliphatic rings. The van der Waals surface area contributed by atoms with Crippen LogP contribution in [-0.2, 0) is 21.2 Å². The maximum atomic E-state index is 11.8. The highest BCUT2D eigenvalue weighted by Gasteiger charge is 2.31. The molecule has 104 valence electrons. The summed E-state index contributed by atoms with van der Waals surface area (Å²) in [4.78, 5) is 17.4. The lowest BCUT2D eigenvalue weighted by Crippen LogP contribution is -2.29. The van der Waals surface area contributed by atoms with E-state index in [-0.39, 0.29) is 24.0 Å². The fourth-order valence-electron chi connectivity index (χ4n) is 2.32. The van der Waals surface area contributed by atoms with Crippen LogP contribution in [0.5, 0.6) is 0 Å². The summed E-state index contributed by atoms with van der Waals surface area (Å²) in [7, 11) is -3.51. The van der Waals surface area contributed by atoms with Crippen molar-refractivity contribution in [2.45, 2.75) is 12.8 Å². The number of rotatable bonds is 5. The molecule has 1 aliphatic heterocycles. The largest absolute Gasteiger partial charge is 0.342 e. The van der Waals surface area contributed by atoms with Crippen LogP contribution in [0.15, 0.2) is 24.5 Å². The molecule has 0 radical (unpaired) electrons. The molecule has 1 unspecified atom stereocenters. The Labute approximate surface area is 112 Å². The minimum absolute atomic E-state index is 0.00251. The molecule has 0 aromatic carbocycles. The summed E-state index contributed by atoms with van der Waals surface area (Å²) >= 11 is 0. The highest BCUT2D eigenvalue weighted by atomic mass is 32.2. The normalized spacial score (nSPS) is 19.9. The quantitative estimate of drug-likeness (QED) is 0.807. The van der Waals surface area contributed by atoms with Crippen LogP contribution in [0.4, 0.5) is 0 Å². The number of carbonyl (C=O) groups is 1. The molecule has 1 fully saturated rings. The van der Waals surface area contributed by atoms with Crippen molar-refractivity contribution < 1.29 is 13.2 Å². The average Bonchev–Trinajstić information content (AvgIpc) is 2.66. The van der Waals surface area contributed by atoms with Crippen molar-refractivity contribution in [1.29, 1.82) is 0 Å². The monoisotopic (exact) mass is 283 g/mol. The molecule has 2 heterocycles. The number of sulfonamides is 1. The van der Waals surface area contributed by atoms with Crippen molar-refractivity contribution in [2.75, 3.05) is 18.8 Å². The topological polar surface area (TPSA) is 93.4 Å². The van der Waals surface area contributed by atoms with Crippen LogP contribution in [0.1, 0.15) is 12.0 Å². The molecule has 19 heavy (non-hydrogen) atoms. The second kappa shape index (κ2) is 5.66. The predicted octanol–water partition coefficient (Wildman–Crippen LogP) is -0.239. The summed E-state index contributed by atoms with van der Waals surface area (Å²) in [6.07, 6.45) is 4.44. The Balaban J connectivity index is 1.87. The molecule has 1 aromatic heterocycles. The number of hydrogen-bond acceptors (Lipinski definition) is 4. The van der Waals surface area contributed by atoms with E-state index < -0.39 is 10.0 Å². The Bertz CT molecular complexity index is 545. The third-order valence-electron chi connectivity index (χ3n) is 3.18. The van der Waals surface area contributed by atoms with E-state index in [0.717, 1.165) is 12.0 Å². The van der Waals surface area contributed by atoms with E-state index in [1.165, 1.54) is 0 Å². The maximum Gasteiger partial charge on any atom is 0.222 e. The number of primary sulfonamides is 1. The molecule has 0 spiro atoms. The fourth-order valence-corrected chi connectivity index (χ4v) is 3.20. The molecule has 0 bridgehead atoms. The Morgan fingerprint density at radius 3 is 2.68 bits per heavy atom. The van der Waals surface area contributed by atoms with Gasteiger partial charge in [0.25, 0.3) is 0 Å². The molecule has 6 nitrogen and oxygen atoms in total. The van der Waals surface area contributed by atoms with Gasteiger partial charge in [-0.1, -0.05) is 0 Å². The van der Waals surface area contributed by atoms with Gasteiger partial charge in [-0.3, -0.25) is 9.78 Å². The zero-order chi connectivity index (χ0) is 13.9. The molecule has 1 aromatic rings. The minimum atomic E-state index is -3.51. The maximum absolute atomic E-state index is 11.8. The van der Waals surface area contributed by atoms with E-state index in [1.807, 2.05) is 12.1 Å². The summed E-state index contributed by atoms with van der Waals surface area (Å²) in [5.41, 5.74) is 1.11. The number of hydrogen-bond donors (Lipinski definition) is 1. The van der Waals surface area contributed by atoms with Gasteiger partial charge in [-0.05, 0) is 24.1 Å². The van der Waals surface area contributed by atoms with Crippen molar-refractivity contribution in [3.05, 3.63) is 30.1 Å². The van der Waals surface area contributed by atoms with Crippen LogP contribution in [0.3, 0.4) is 0 Å². The molecule has 0 aliphatic carbocycles. The summed E-state index contributed by atoms with van der Waals surface area (Å²) in [5, 5.41) is 5.01. The van der Waals surface area contributed by atoms with Crippen molar-refractivity contribution in [3.8, 4) is 0 Å². The van der Waals surface area contributed by atoms with Gasteiger partial charge in [-0.25, -0.2) is 13.6 Å². The van der Waals surface area contributed by atoms with Gasteiger partial charge in [0, 0.05) is 37.8 Å². The van der Waals surface area contributed by atoms with E-state index in [0.29, 0.717) is 13.1 Å². The summed E-state index contributed by atoms with van der Waals surface area (Å²) < 4.78 is 22.0. The number of amides is 1.